The third kappa shape index (κ3) is 2.90. The van der Waals surface area contributed by atoms with Crippen LogP contribution in [0.5, 0.6) is 0 Å². The summed E-state index contributed by atoms with van der Waals surface area (Å²) in [5.41, 5.74) is 1.61. The van der Waals surface area contributed by atoms with Crippen LogP contribution in [0.3, 0.4) is 0 Å². The van der Waals surface area contributed by atoms with Gasteiger partial charge in [-0.25, -0.2) is 4.39 Å². The molecule has 0 aliphatic rings. The highest BCUT2D eigenvalue weighted by molar-refractivity contribution is 9.11. The fourth-order valence-electron chi connectivity index (χ4n) is 1.68. The number of aromatic nitrogens is 1. The van der Waals surface area contributed by atoms with Crippen LogP contribution in [0, 0.1) is 12.7 Å². The number of nitrogens with zero attached hydrogens (tertiary/aromatic N) is 1. The Kier molecular flexibility index (Phi) is 4.02. The van der Waals surface area contributed by atoms with Gasteiger partial charge in [0.05, 0.1) is 11.0 Å². The molecule has 1 heterocycles. The number of hydrogen-bond acceptors (Lipinski definition) is 1. The van der Waals surface area contributed by atoms with Gasteiger partial charge in [-0.05, 0) is 68.1 Å². The van der Waals surface area contributed by atoms with Crippen molar-refractivity contribution in [2.45, 2.75) is 13.5 Å². The van der Waals surface area contributed by atoms with E-state index in [1.807, 2.05) is 6.92 Å². The molecule has 2 nitrogen and oxygen atoms in total. The molecule has 2 rings (SSSR count). The van der Waals surface area contributed by atoms with E-state index in [2.05, 4.69) is 31.9 Å². The standard InChI is InChI=1S/C13H10Br2FNO/c1-8-2-3-11(16)4-9(8)6-17-7-10(14)5-12(15)13(17)18/h2-5,7H,6H2,1H3. The zero-order valence-electron chi connectivity index (χ0n) is 9.58. The van der Waals surface area contributed by atoms with Crippen LogP contribution in [-0.2, 0) is 6.54 Å². The Morgan fingerprint density at radius 2 is 2.00 bits per heavy atom. The minimum absolute atomic E-state index is 0.137. The molecule has 5 heteroatoms. The molecular weight excluding hydrogens is 365 g/mol. The summed E-state index contributed by atoms with van der Waals surface area (Å²) in [5, 5.41) is 0. The van der Waals surface area contributed by atoms with Gasteiger partial charge in [-0.2, -0.15) is 0 Å². The second-order valence-electron chi connectivity index (χ2n) is 4.01. The van der Waals surface area contributed by atoms with Gasteiger partial charge in [0.1, 0.15) is 5.82 Å². The monoisotopic (exact) mass is 373 g/mol. The molecule has 2 aromatic rings. The third-order valence-corrected chi connectivity index (χ3v) is 3.66. The summed E-state index contributed by atoms with van der Waals surface area (Å²) in [7, 11) is 0. The zero-order chi connectivity index (χ0) is 13.3. The van der Waals surface area contributed by atoms with Crippen LogP contribution in [-0.4, -0.2) is 4.57 Å². The Bertz CT molecular complexity index is 652. The Labute approximate surface area is 121 Å². The van der Waals surface area contributed by atoms with Crippen LogP contribution >= 0.6 is 31.9 Å². The van der Waals surface area contributed by atoms with E-state index in [-0.39, 0.29) is 11.4 Å². The van der Waals surface area contributed by atoms with Crippen molar-refractivity contribution in [3.63, 3.8) is 0 Å². The molecule has 0 saturated carbocycles. The van der Waals surface area contributed by atoms with Crippen LogP contribution in [0.25, 0.3) is 0 Å². The van der Waals surface area contributed by atoms with Crippen LogP contribution in [0.15, 0.2) is 44.2 Å². The Balaban J connectivity index is 2.46. The average molecular weight is 375 g/mol. The molecule has 18 heavy (non-hydrogen) atoms. The van der Waals surface area contributed by atoms with E-state index < -0.39 is 0 Å². The van der Waals surface area contributed by atoms with Gasteiger partial charge in [-0.15, -0.1) is 0 Å². The first-order chi connectivity index (χ1) is 8.47. The number of hydrogen-bond donors (Lipinski definition) is 0. The molecule has 0 aliphatic heterocycles. The Morgan fingerprint density at radius 1 is 1.28 bits per heavy atom. The maximum Gasteiger partial charge on any atom is 0.265 e. The van der Waals surface area contributed by atoms with Crippen molar-refractivity contribution in [3.8, 4) is 0 Å². The molecular formula is C13H10Br2FNO. The Hall–Kier alpha value is -0.940. The molecule has 0 bridgehead atoms. The SMILES string of the molecule is Cc1ccc(F)cc1Cn1cc(Br)cc(Br)c1=O. The Morgan fingerprint density at radius 3 is 2.72 bits per heavy atom. The van der Waals surface area contributed by atoms with Gasteiger partial charge < -0.3 is 4.57 Å². The van der Waals surface area contributed by atoms with Crippen LogP contribution in [0.2, 0.25) is 0 Å². The van der Waals surface area contributed by atoms with Crippen molar-refractivity contribution >= 4 is 31.9 Å². The van der Waals surface area contributed by atoms with E-state index in [0.717, 1.165) is 15.6 Å². The second-order valence-corrected chi connectivity index (χ2v) is 5.78. The molecule has 0 unspecified atom stereocenters. The summed E-state index contributed by atoms with van der Waals surface area (Å²) in [5.74, 6) is -0.294. The highest BCUT2D eigenvalue weighted by Crippen LogP contribution is 2.15. The lowest BCUT2D eigenvalue weighted by Gasteiger charge is -2.10. The molecule has 1 aromatic heterocycles. The lowest BCUT2D eigenvalue weighted by atomic mass is 10.1. The van der Waals surface area contributed by atoms with Crippen molar-refractivity contribution in [1.82, 2.24) is 4.57 Å². The summed E-state index contributed by atoms with van der Waals surface area (Å²) < 4.78 is 16.0. The summed E-state index contributed by atoms with van der Waals surface area (Å²) in [6, 6.07) is 6.27. The van der Waals surface area contributed by atoms with E-state index in [1.54, 1.807) is 18.3 Å². The van der Waals surface area contributed by atoms with Gasteiger partial charge in [0, 0.05) is 10.7 Å². The zero-order valence-corrected chi connectivity index (χ0v) is 12.8. The van der Waals surface area contributed by atoms with Crippen molar-refractivity contribution in [2.75, 3.05) is 0 Å². The highest BCUT2D eigenvalue weighted by atomic mass is 79.9. The van der Waals surface area contributed by atoms with Gasteiger partial charge in [-0.1, -0.05) is 6.07 Å². The fraction of sp³-hybridized carbons (Fsp3) is 0.154. The van der Waals surface area contributed by atoms with Crippen molar-refractivity contribution in [3.05, 3.63) is 66.7 Å². The maximum atomic E-state index is 13.2. The predicted molar refractivity (Wildman–Crippen MR) is 76.3 cm³/mol. The predicted octanol–water partition coefficient (Wildman–Crippen LogP) is 3.87. The molecule has 0 radical (unpaired) electrons. The first-order valence-corrected chi connectivity index (χ1v) is 6.86. The van der Waals surface area contributed by atoms with Gasteiger partial charge in [0.15, 0.2) is 0 Å². The molecule has 0 atom stereocenters. The van der Waals surface area contributed by atoms with Gasteiger partial charge >= 0.3 is 0 Å². The van der Waals surface area contributed by atoms with Crippen molar-refractivity contribution in [2.24, 2.45) is 0 Å². The first kappa shape index (κ1) is 13.5. The number of halogens is 3. The number of pyridine rings is 1. The average Bonchev–Trinajstić information content (AvgIpc) is 2.30. The van der Waals surface area contributed by atoms with E-state index in [1.165, 1.54) is 16.7 Å². The van der Waals surface area contributed by atoms with Gasteiger partial charge in [-0.3, -0.25) is 4.79 Å². The summed E-state index contributed by atoms with van der Waals surface area (Å²) >= 11 is 6.54. The van der Waals surface area contributed by atoms with Crippen LogP contribution in [0.1, 0.15) is 11.1 Å². The smallest absolute Gasteiger partial charge is 0.265 e. The summed E-state index contributed by atoms with van der Waals surface area (Å²) in [6.07, 6.45) is 1.69. The molecule has 0 amide bonds. The topological polar surface area (TPSA) is 22.0 Å². The van der Waals surface area contributed by atoms with Gasteiger partial charge in [0.25, 0.3) is 5.56 Å². The van der Waals surface area contributed by atoms with Crippen molar-refractivity contribution in [1.29, 1.82) is 0 Å². The highest BCUT2D eigenvalue weighted by Gasteiger charge is 2.06. The molecule has 0 aliphatic carbocycles. The first-order valence-electron chi connectivity index (χ1n) is 5.28. The third-order valence-electron chi connectivity index (χ3n) is 2.66. The largest absolute Gasteiger partial charge is 0.309 e. The van der Waals surface area contributed by atoms with E-state index >= 15 is 0 Å². The number of aryl methyl sites for hydroxylation is 1. The molecule has 1 aromatic carbocycles. The van der Waals surface area contributed by atoms with Crippen LogP contribution < -0.4 is 5.56 Å². The summed E-state index contributed by atoms with van der Waals surface area (Å²) in [6.45, 7) is 2.24. The van der Waals surface area contributed by atoms with Gasteiger partial charge in [0.2, 0.25) is 0 Å². The lowest BCUT2D eigenvalue weighted by molar-refractivity contribution is 0.621. The van der Waals surface area contributed by atoms with E-state index in [0.29, 0.717) is 11.0 Å². The number of benzene rings is 1. The maximum absolute atomic E-state index is 13.2. The molecule has 0 fully saturated rings. The number of rotatable bonds is 2. The second kappa shape index (κ2) is 5.36. The van der Waals surface area contributed by atoms with Crippen molar-refractivity contribution < 1.29 is 4.39 Å². The van der Waals surface area contributed by atoms with E-state index in [4.69, 9.17) is 0 Å². The summed E-state index contributed by atoms with van der Waals surface area (Å²) in [4.78, 5) is 11.9. The molecule has 0 spiro atoms. The lowest BCUT2D eigenvalue weighted by Crippen LogP contribution is -2.21. The molecule has 94 valence electrons. The minimum Gasteiger partial charge on any atom is -0.309 e. The quantitative estimate of drug-likeness (QED) is 0.782. The van der Waals surface area contributed by atoms with E-state index in [9.17, 15) is 9.18 Å². The fourth-order valence-corrected chi connectivity index (χ4v) is 2.93. The normalized spacial score (nSPS) is 10.7. The van der Waals surface area contributed by atoms with Crippen LogP contribution in [0.4, 0.5) is 4.39 Å². The minimum atomic E-state index is -0.294. The molecule has 0 saturated heterocycles. The molecule has 0 N–H and O–H groups in total.